The maximum absolute atomic E-state index is 11.9. The molecular formula is C17H20O4S. The van der Waals surface area contributed by atoms with Crippen LogP contribution in [0.2, 0.25) is 0 Å². The van der Waals surface area contributed by atoms with Crippen molar-refractivity contribution >= 4 is 10.1 Å². The van der Waals surface area contributed by atoms with E-state index in [1.807, 2.05) is 30.3 Å². The Balaban J connectivity index is 1.60. The summed E-state index contributed by atoms with van der Waals surface area (Å²) >= 11 is 0. The van der Waals surface area contributed by atoms with Gasteiger partial charge in [-0.05, 0) is 30.5 Å². The molecule has 0 atom stereocenters. The van der Waals surface area contributed by atoms with Crippen LogP contribution in [-0.4, -0.2) is 21.6 Å². The Kier molecular flexibility index (Phi) is 6.58. The van der Waals surface area contributed by atoms with Crippen LogP contribution >= 0.6 is 0 Å². The third kappa shape index (κ3) is 5.60. The fourth-order valence-corrected chi connectivity index (χ4v) is 2.86. The molecule has 0 amide bonds. The van der Waals surface area contributed by atoms with Crippen LogP contribution < -0.4 is 0 Å². The minimum atomic E-state index is -3.64. The number of unbranched alkanes of at least 4 members (excludes halogenated alkanes) is 1. The van der Waals surface area contributed by atoms with Gasteiger partial charge in [0.25, 0.3) is 10.1 Å². The van der Waals surface area contributed by atoms with Crippen molar-refractivity contribution in [3.05, 3.63) is 66.2 Å². The first-order chi connectivity index (χ1) is 10.7. The van der Waals surface area contributed by atoms with Crippen molar-refractivity contribution < 1.29 is 17.3 Å². The molecule has 4 nitrogen and oxygen atoms in total. The van der Waals surface area contributed by atoms with E-state index in [1.54, 1.807) is 18.2 Å². The van der Waals surface area contributed by atoms with Crippen molar-refractivity contribution in [2.45, 2.75) is 24.3 Å². The molecule has 0 saturated heterocycles. The van der Waals surface area contributed by atoms with Gasteiger partial charge in [0.2, 0.25) is 0 Å². The summed E-state index contributed by atoms with van der Waals surface area (Å²) in [6, 6.07) is 18.1. The molecule has 0 bridgehead atoms. The van der Waals surface area contributed by atoms with Crippen LogP contribution in [0.4, 0.5) is 0 Å². The molecule has 0 saturated carbocycles. The van der Waals surface area contributed by atoms with Crippen LogP contribution in [0.15, 0.2) is 65.6 Å². The van der Waals surface area contributed by atoms with Gasteiger partial charge in [0, 0.05) is 6.61 Å². The number of hydrogen-bond acceptors (Lipinski definition) is 4. The summed E-state index contributed by atoms with van der Waals surface area (Å²) in [5, 5.41) is 0. The van der Waals surface area contributed by atoms with E-state index < -0.39 is 10.1 Å². The van der Waals surface area contributed by atoms with E-state index in [-0.39, 0.29) is 11.5 Å². The molecule has 0 unspecified atom stereocenters. The highest BCUT2D eigenvalue weighted by Gasteiger charge is 2.13. The van der Waals surface area contributed by atoms with Crippen LogP contribution in [-0.2, 0) is 25.6 Å². The summed E-state index contributed by atoms with van der Waals surface area (Å²) in [7, 11) is -3.64. The number of rotatable bonds is 9. The van der Waals surface area contributed by atoms with Gasteiger partial charge in [0.1, 0.15) is 0 Å². The van der Waals surface area contributed by atoms with E-state index in [0.717, 1.165) is 12.0 Å². The van der Waals surface area contributed by atoms with Gasteiger partial charge in [0.05, 0.1) is 18.1 Å². The topological polar surface area (TPSA) is 52.6 Å². The Morgan fingerprint density at radius 3 is 2.05 bits per heavy atom. The van der Waals surface area contributed by atoms with E-state index in [9.17, 15) is 8.42 Å². The maximum Gasteiger partial charge on any atom is 0.296 e. The van der Waals surface area contributed by atoms with Gasteiger partial charge >= 0.3 is 0 Å². The highest BCUT2D eigenvalue weighted by Crippen LogP contribution is 2.11. The van der Waals surface area contributed by atoms with Crippen molar-refractivity contribution in [3.8, 4) is 0 Å². The molecule has 0 aromatic heterocycles. The summed E-state index contributed by atoms with van der Waals surface area (Å²) in [6.45, 7) is 1.33. The first-order valence-corrected chi connectivity index (χ1v) is 8.65. The largest absolute Gasteiger partial charge is 0.377 e. The second kappa shape index (κ2) is 8.68. The molecule has 22 heavy (non-hydrogen) atoms. The molecule has 0 aliphatic heterocycles. The van der Waals surface area contributed by atoms with Crippen molar-refractivity contribution in [1.29, 1.82) is 0 Å². The summed E-state index contributed by atoms with van der Waals surface area (Å²) < 4.78 is 34.2. The standard InChI is InChI=1S/C17H20O4S/c18-22(19,17-11-5-2-6-12-17)21-14-8-7-13-20-15-16-9-3-1-4-10-16/h1-6,9-12H,7-8,13-15H2. The molecule has 118 valence electrons. The smallest absolute Gasteiger partial charge is 0.296 e. The maximum atomic E-state index is 11.9. The van der Waals surface area contributed by atoms with Crippen molar-refractivity contribution in [2.24, 2.45) is 0 Å². The van der Waals surface area contributed by atoms with E-state index >= 15 is 0 Å². The van der Waals surface area contributed by atoms with E-state index in [0.29, 0.717) is 19.6 Å². The lowest BCUT2D eigenvalue weighted by atomic mass is 10.2. The van der Waals surface area contributed by atoms with Crippen molar-refractivity contribution in [2.75, 3.05) is 13.2 Å². The second-order valence-corrected chi connectivity index (χ2v) is 6.45. The Labute approximate surface area is 131 Å². The predicted molar refractivity (Wildman–Crippen MR) is 84.9 cm³/mol. The van der Waals surface area contributed by atoms with Gasteiger partial charge in [0.15, 0.2) is 0 Å². The average Bonchev–Trinajstić information content (AvgIpc) is 2.56. The van der Waals surface area contributed by atoms with Crippen LogP contribution in [0.3, 0.4) is 0 Å². The molecule has 0 aliphatic rings. The van der Waals surface area contributed by atoms with E-state index in [4.69, 9.17) is 8.92 Å². The van der Waals surface area contributed by atoms with E-state index in [1.165, 1.54) is 12.1 Å². The van der Waals surface area contributed by atoms with Gasteiger partial charge in [-0.2, -0.15) is 8.42 Å². The fraction of sp³-hybridized carbons (Fsp3) is 0.294. The lowest BCUT2D eigenvalue weighted by Crippen LogP contribution is -2.08. The van der Waals surface area contributed by atoms with E-state index in [2.05, 4.69) is 0 Å². The Bertz CT molecular complexity index is 639. The van der Waals surface area contributed by atoms with Crippen LogP contribution in [0.1, 0.15) is 18.4 Å². The molecule has 0 fully saturated rings. The highest BCUT2D eigenvalue weighted by atomic mass is 32.2. The second-order valence-electron chi connectivity index (χ2n) is 4.83. The molecule has 0 spiro atoms. The van der Waals surface area contributed by atoms with Crippen LogP contribution in [0.25, 0.3) is 0 Å². The number of ether oxygens (including phenoxy) is 1. The molecule has 0 N–H and O–H groups in total. The minimum absolute atomic E-state index is 0.173. The number of benzene rings is 2. The zero-order valence-electron chi connectivity index (χ0n) is 12.4. The average molecular weight is 320 g/mol. The molecule has 0 heterocycles. The van der Waals surface area contributed by atoms with Crippen LogP contribution in [0, 0.1) is 0 Å². The fourth-order valence-electron chi connectivity index (χ4n) is 1.89. The lowest BCUT2D eigenvalue weighted by Gasteiger charge is -2.06. The molecular weight excluding hydrogens is 300 g/mol. The Morgan fingerprint density at radius 1 is 0.773 bits per heavy atom. The Hall–Kier alpha value is -1.69. The van der Waals surface area contributed by atoms with Gasteiger partial charge < -0.3 is 4.74 Å². The summed E-state index contributed by atoms with van der Waals surface area (Å²) in [5.41, 5.74) is 1.13. The van der Waals surface area contributed by atoms with Crippen molar-refractivity contribution in [3.63, 3.8) is 0 Å². The third-order valence-electron chi connectivity index (χ3n) is 3.06. The Morgan fingerprint density at radius 2 is 1.36 bits per heavy atom. The summed E-state index contributed by atoms with van der Waals surface area (Å²) in [5.74, 6) is 0. The van der Waals surface area contributed by atoms with Gasteiger partial charge in [-0.15, -0.1) is 0 Å². The first kappa shape index (κ1) is 16.7. The first-order valence-electron chi connectivity index (χ1n) is 7.25. The summed E-state index contributed by atoms with van der Waals surface area (Å²) in [4.78, 5) is 0.190. The van der Waals surface area contributed by atoms with Crippen LogP contribution in [0.5, 0.6) is 0 Å². The molecule has 2 aromatic rings. The number of hydrogen-bond donors (Lipinski definition) is 0. The minimum Gasteiger partial charge on any atom is -0.377 e. The van der Waals surface area contributed by atoms with Gasteiger partial charge in [-0.1, -0.05) is 48.5 Å². The molecule has 0 aliphatic carbocycles. The van der Waals surface area contributed by atoms with Crippen molar-refractivity contribution in [1.82, 2.24) is 0 Å². The molecule has 0 radical (unpaired) electrons. The normalized spacial score (nSPS) is 11.5. The zero-order valence-corrected chi connectivity index (χ0v) is 13.2. The SMILES string of the molecule is O=S(=O)(OCCCCOCc1ccccc1)c1ccccc1. The predicted octanol–water partition coefficient (Wildman–Crippen LogP) is 3.39. The molecule has 2 aromatic carbocycles. The lowest BCUT2D eigenvalue weighted by molar-refractivity contribution is 0.114. The monoisotopic (exact) mass is 320 g/mol. The molecule has 5 heteroatoms. The third-order valence-corrected chi connectivity index (χ3v) is 4.39. The van der Waals surface area contributed by atoms with Gasteiger partial charge in [-0.25, -0.2) is 0 Å². The molecule has 2 rings (SSSR count). The quantitative estimate of drug-likeness (QED) is 0.525. The highest BCUT2D eigenvalue weighted by molar-refractivity contribution is 7.86. The summed E-state index contributed by atoms with van der Waals surface area (Å²) in [6.07, 6.45) is 1.40. The zero-order chi connectivity index (χ0) is 15.7. The van der Waals surface area contributed by atoms with Gasteiger partial charge in [-0.3, -0.25) is 4.18 Å².